The Morgan fingerprint density at radius 3 is 2.52 bits per heavy atom. The monoisotopic (exact) mass is 283 g/mol. The molecule has 0 aromatic heterocycles. The summed E-state index contributed by atoms with van der Waals surface area (Å²) in [6, 6.07) is 16.3. The van der Waals surface area contributed by atoms with Gasteiger partial charge in [-0.1, -0.05) is 42.5 Å². The topological polar surface area (TPSA) is 12.0 Å². The maximum absolute atomic E-state index is 14.0. The van der Waals surface area contributed by atoms with Crippen molar-refractivity contribution < 1.29 is 4.39 Å². The minimum Gasteiger partial charge on any atom is -0.313 e. The maximum Gasteiger partial charge on any atom is 0.126 e. The molecule has 3 rings (SSSR count). The summed E-state index contributed by atoms with van der Waals surface area (Å²) >= 11 is 0. The van der Waals surface area contributed by atoms with Crippen molar-refractivity contribution in [3.63, 3.8) is 0 Å². The third-order valence-corrected chi connectivity index (χ3v) is 4.28. The van der Waals surface area contributed by atoms with Crippen molar-refractivity contribution in [3.8, 4) is 0 Å². The van der Waals surface area contributed by atoms with Crippen molar-refractivity contribution in [3.05, 3.63) is 71.0 Å². The molecule has 0 saturated heterocycles. The van der Waals surface area contributed by atoms with Crippen molar-refractivity contribution in [1.82, 2.24) is 5.32 Å². The summed E-state index contributed by atoms with van der Waals surface area (Å²) in [6.07, 6.45) is 3.30. The molecule has 1 nitrogen and oxygen atoms in total. The van der Waals surface area contributed by atoms with Gasteiger partial charge in [0.2, 0.25) is 0 Å². The van der Waals surface area contributed by atoms with Crippen LogP contribution in [0.4, 0.5) is 4.39 Å². The summed E-state index contributed by atoms with van der Waals surface area (Å²) < 4.78 is 14.0. The van der Waals surface area contributed by atoms with Crippen LogP contribution in [0.5, 0.6) is 0 Å². The van der Waals surface area contributed by atoms with Gasteiger partial charge in [0.25, 0.3) is 0 Å². The SMILES string of the molecule is Cc1ccccc1C(CNC1CC1)Cc1ccccc1F. The van der Waals surface area contributed by atoms with Gasteiger partial charge in [-0.05, 0) is 48.9 Å². The first-order chi connectivity index (χ1) is 10.2. The number of hydrogen-bond acceptors (Lipinski definition) is 1. The van der Waals surface area contributed by atoms with Crippen LogP contribution in [0.15, 0.2) is 48.5 Å². The van der Waals surface area contributed by atoms with Crippen molar-refractivity contribution in [2.45, 2.75) is 38.1 Å². The molecule has 0 heterocycles. The zero-order valence-corrected chi connectivity index (χ0v) is 12.5. The molecular formula is C19H22FN. The Morgan fingerprint density at radius 2 is 1.81 bits per heavy atom. The van der Waals surface area contributed by atoms with Crippen molar-refractivity contribution in [1.29, 1.82) is 0 Å². The lowest BCUT2D eigenvalue weighted by molar-refractivity contribution is 0.551. The van der Waals surface area contributed by atoms with Crippen LogP contribution in [0, 0.1) is 12.7 Å². The summed E-state index contributed by atoms with van der Waals surface area (Å²) in [7, 11) is 0. The van der Waals surface area contributed by atoms with E-state index in [0.717, 1.165) is 18.5 Å². The Balaban J connectivity index is 1.81. The molecule has 0 radical (unpaired) electrons. The Hall–Kier alpha value is -1.67. The molecule has 1 fully saturated rings. The highest BCUT2D eigenvalue weighted by Gasteiger charge is 2.23. The molecule has 0 aliphatic heterocycles. The van der Waals surface area contributed by atoms with Gasteiger partial charge in [-0.3, -0.25) is 0 Å². The Bertz CT molecular complexity index is 604. The molecule has 110 valence electrons. The third kappa shape index (κ3) is 3.70. The number of rotatable bonds is 6. The molecule has 1 saturated carbocycles. The molecule has 0 spiro atoms. The molecule has 1 aliphatic rings. The first-order valence-electron chi connectivity index (χ1n) is 7.76. The first kappa shape index (κ1) is 14.3. The van der Waals surface area contributed by atoms with E-state index in [4.69, 9.17) is 0 Å². The zero-order chi connectivity index (χ0) is 14.7. The van der Waals surface area contributed by atoms with Crippen LogP contribution < -0.4 is 5.32 Å². The molecule has 1 N–H and O–H groups in total. The summed E-state index contributed by atoms with van der Waals surface area (Å²) in [5, 5.41) is 3.60. The molecule has 2 aromatic rings. The predicted octanol–water partition coefficient (Wildman–Crippen LogP) is 4.21. The maximum atomic E-state index is 14.0. The second kappa shape index (κ2) is 6.40. The molecular weight excluding hydrogens is 261 g/mol. The first-order valence-corrected chi connectivity index (χ1v) is 7.76. The van der Waals surface area contributed by atoms with Crippen LogP contribution in [-0.2, 0) is 6.42 Å². The van der Waals surface area contributed by atoms with Gasteiger partial charge in [0, 0.05) is 18.5 Å². The van der Waals surface area contributed by atoms with Crippen LogP contribution in [0.2, 0.25) is 0 Å². The van der Waals surface area contributed by atoms with Gasteiger partial charge < -0.3 is 5.32 Å². The predicted molar refractivity (Wildman–Crippen MR) is 85.0 cm³/mol. The van der Waals surface area contributed by atoms with Crippen LogP contribution in [0.25, 0.3) is 0 Å². The lowest BCUT2D eigenvalue weighted by atomic mass is 9.89. The molecule has 21 heavy (non-hydrogen) atoms. The Labute approximate surface area is 126 Å². The van der Waals surface area contributed by atoms with Crippen LogP contribution in [0.1, 0.15) is 35.4 Å². The molecule has 1 unspecified atom stereocenters. The van der Waals surface area contributed by atoms with E-state index in [1.54, 1.807) is 12.1 Å². The number of benzene rings is 2. The fourth-order valence-electron chi connectivity index (χ4n) is 2.86. The van der Waals surface area contributed by atoms with Gasteiger partial charge in [0.15, 0.2) is 0 Å². The van der Waals surface area contributed by atoms with E-state index in [1.165, 1.54) is 24.0 Å². The summed E-state index contributed by atoms with van der Waals surface area (Å²) in [5.41, 5.74) is 3.42. The van der Waals surface area contributed by atoms with Gasteiger partial charge in [0.1, 0.15) is 5.82 Å². The van der Waals surface area contributed by atoms with Crippen molar-refractivity contribution in [2.75, 3.05) is 6.54 Å². The highest BCUT2D eigenvalue weighted by atomic mass is 19.1. The van der Waals surface area contributed by atoms with E-state index in [0.29, 0.717) is 12.0 Å². The van der Waals surface area contributed by atoms with E-state index in [-0.39, 0.29) is 5.82 Å². The van der Waals surface area contributed by atoms with E-state index in [9.17, 15) is 4.39 Å². The smallest absolute Gasteiger partial charge is 0.126 e. The van der Waals surface area contributed by atoms with E-state index < -0.39 is 0 Å². The molecule has 0 bridgehead atoms. The van der Waals surface area contributed by atoms with Gasteiger partial charge >= 0.3 is 0 Å². The van der Waals surface area contributed by atoms with E-state index >= 15 is 0 Å². The van der Waals surface area contributed by atoms with Crippen LogP contribution in [-0.4, -0.2) is 12.6 Å². The lowest BCUT2D eigenvalue weighted by Crippen LogP contribution is -2.25. The molecule has 1 atom stereocenters. The second-order valence-corrected chi connectivity index (χ2v) is 6.03. The molecule has 2 heteroatoms. The summed E-state index contributed by atoms with van der Waals surface area (Å²) in [4.78, 5) is 0. The van der Waals surface area contributed by atoms with Crippen LogP contribution in [0.3, 0.4) is 0 Å². The molecule has 2 aromatic carbocycles. The van der Waals surface area contributed by atoms with Gasteiger partial charge in [0.05, 0.1) is 0 Å². The minimum atomic E-state index is -0.0949. The van der Waals surface area contributed by atoms with Gasteiger partial charge in [-0.25, -0.2) is 4.39 Å². The summed E-state index contributed by atoms with van der Waals surface area (Å²) in [6.45, 7) is 3.06. The van der Waals surface area contributed by atoms with Crippen molar-refractivity contribution >= 4 is 0 Å². The molecule has 0 amide bonds. The second-order valence-electron chi connectivity index (χ2n) is 6.03. The minimum absolute atomic E-state index is 0.0949. The van der Waals surface area contributed by atoms with Crippen LogP contribution >= 0.6 is 0 Å². The fourth-order valence-corrected chi connectivity index (χ4v) is 2.86. The van der Waals surface area contributed by atoms with Crippen molar-refractivity contribution in [2.24, 2.45) is 0 Å². The highest BCUT2D eigenvalue weighted by Crippen LogP contribution is 2.26. The van der Waals surface area contributed by atoms with E-state index in [1.807, 2.05) is 12.1 Å². The van der Waals surface area contributed by atoms with Gasteiger partial charge in [-0.2, -0.15) is 0 Å². The average molecular weight is 283 g/mol. The lowest BCUT2D eigenvalue weighted by Gasteiger charge is -2.20. The number of aryl methyl sites for hydroxylation is 1. The standard InChI is InChI=1S/C19H22FN/c1-14-6-2-4-8-18(14)16(13-21-17-10-11-17)12-15-7-3-5-9-19(15)20/h2-9,16-17,21H,10-13H2,1H3. The number of halogens is 1. The zero-order valence-electron chi connectivity index (χ0n) is 12.5. The Morgan fingerprint density at radius 1 is 1.10 bits per heavy atom. The largest absolute Gasteiger partial charge is 0.313 e. The van der Waals surface area contributed by atoms with Gasteiger partial charge in [-0.15, -0.1) is 0 Å². The average Bonchev–Trinajstić information content (AvgIpc) is 3.30. The fraction of sp³-hybridized carbons (Fsp3) is 0.368. The quantitative estimate of drug-likeness (QED) is 0.837. The van der Waals surface area contributed by atoms with E-state index in [2.05, 4.69) is 36.5 Å². The highest BCUT2D eigenvalue weighted by molar-refractivity contribution is 5.32. The summed E-state index contributed by atoms with van der Waals surface area (Å²) in [5.74, 6) is 0.228. The Kier molecular flexibility index (Phi) is 4.35. The number of hydrogen-bond donors (Lipinski definition) is 1. The number of nitrogens with one attached hydrogen (secondary N) is 1. The normalized spacial score (nSPS) is 15.9. The molecule has 1 aliphatic carbocycles. The third-order valence-electron chi connectivity index (χ3n) is 4.28.